The van der Waals surface area contributed by atoms with E-state index < -0.39 is 11.7 Å². The summed E-state index contributed by atoms with van der Waals surface area (Å²) in [5.74, 6) is 0.290. The summed E-state index contributed by atoms with van der Waals surface area (Å²) >= 11 is 0. The molecule has 32 heavy (non-hydrogen) atoms. The lowest BCUT2D eigenvalue weighted by Gasteiger charge is -2.31. The minimum absolute atomic E-state index is 0.0100. The second-order valence-electron chi connectivity index (χ2n) is 7.91. The number of benzene rings is 1. The number of aryl methyl sites for hydroxylation is 1. The molecule has 0 bridgehead atoms. The number of nitrogens with zero attached hydrogens (tertiary/aromatic N) is 4. The van der Waals surface area contributed by atoms with E-state index in [0.717, 1.165) is 12.1 Å². The van der Waals surface area contributed by atoms with Gasteiger partial charge in [0.15, 0.2) is 0 Å². The van der Waals surface area contributed by atoms with Gasteiger partial charge in [0.2, 0.25) is 5.91 Å². The van der Waals surface area contributed by atoms with E-state index in [-0.39, 0.29) is 23.1 Å². The molecule has 1 amide bonds. The van der Waals surface area contributed by atoms with Gasteiger partial charge in [-0.3, -0.25) is 14.2 Å². The Bertz CT molecular complexity index is 1230. The van der Waals surface area contributed by atoms with Crippen LogP contribution in [0.5, 0.6) is 0 Å². The maximum atomic E-state index is 13.1. The van der Waals surface area contributed by atoms with Crippen LogP contribution < -0.4 is 10.9 Å². The van der Waals surface area contributed by atoms with Crippen LogP contribution in [0, 0.1) is 0 Å². The van der Waals surface area contributed by atoms with E-state index in [2.05, 4.69) is 15.3 Å². The van der Waals surface area contributed by atoms with Crippen molar-refractivity contribution >= 4 is 28.4 Å². The maximum absolute atomic E-state index is 13.1. The van der Waals surface area contributed by atoms with Gasteiger partial charge < -0.3 is 10.2 Å². The number of amides is 1. The van der Waals surface area contributed by atoms with Gasteiger partial charge in [0.05, 0.1) is 10.9 Å². The molecule has 168 valence electrons. The molecule has 0 radical (unpaired) electrons. The van der Waals surface area contributed by atoms with E-state index in [9.17, 15) is 22.8 Å². The van der Waals surface area contributed by atoms with Crippen molar-refractivity contribution < 1.29 is 18.0 Å². The molecule has 0 unspecified atom stereocenters. The van der Waals surface area contributed by atoms with Crippen LogP contribution in [0.3, 0.4) is 0 Å². The normalized spacial score (nSPS) is 15.2. The number of rotatable bonds is 3. The third-order valence-corrected chi connectivity index (χ3v) is 5.86. The van der Waals surface area contributed by atoms with E-state index in [1.54, 1.807) is 18.0 Å². The fourth-order valence-corrected chi connectivity index (χ4v) is 4.10. The zero-order chi connectivity index (χ0) is 23.0. The van der Waals surface area contributed by atoms with E-state index >= 15 is 0 Å². The summed E-state index contributed by atoms with van der Waals surface area (Å²) < 4.78 is 40.7. The van der Waals surface area contributed by atoms with Gasteiger partial charge in [-0.05, 0) is 43.0 Å². The van der Waals surface area contributed by atoms with E-state index in [4.69, 9.17) is 0 Å². The third-order valence-electron chi connectivity index (χ3n) is 5.86. The fourth-order valence-electron chi connectivity index (χ4n) is 4.10. The van der Waals surface area contributed by atoms with Crippen molar-refractivity contribution in [3.05, 3.63) is 58.1 Å². The second kappa shape index (κ2) is 8.25. The first-order valence-corrected chi connectivity index (χ1v) is 10.2. The number of carbonyl (C=O) groups is 1. The van der Waals surface area contributed by atoms with Gasteiger partial charge in [-0.2, -0.15) is 13.2 Å². The SMILES string of the molecule is CC(=O)N1CCC(c2cc3c(Nc4cccc(C(F)(F)F)c4)ncnc3n(C)c2=O)CC1. The summed E-state index contributed by atoms with van der Waals surface area (Å²) in [5.41, 5.74) is 0.244. The number of alkyl halides is 3. The standard InChI is InChI=1S/C22H22F3N5O2/c1-13(31)30-8-6-14(7-9-30)17-11-18-19(26-12-27-20(18)29(2)21(17)32)28-16-5-3-4-15(10-16)22(23,24)25/h3-5,10-12,14H,6-9H2,1-2H3,(H,26,27,28). The second-order valence-corrected chi connectivity index (χ2v) is 7.91. The molecule has 1 aliphatic heterocycles. The molecule has 0 saturated carbocycles. The Kier molecular flexibility index (Phi) is 5.62. The van der Waals surface area contributed by atoms with Crippen LogP contribution in [0.4, 0.5) is 24.7 Å². The Balaban J connectivity index is 1.73. The molecule has 1 N–H and O–H groups in total. The average molecular weight is 445 g/mol. The molecule has 0 spiro atoms. The van der Waals surface area contributed by atoms with Crippen molar-refractivity contribution in [3.63, 3.8) is 0 Å². The quantitative estimate of drug-likeness (QED) is 0.663. The highest BCUT2D eigenvalue weighted by Crippen LogP contribution is 2.33. The largest absolute Gasteiger partial charge is 0.416 e. The van der Waals surface area contributed by atoms with Gasteiger partial charge >= 0.3 is 6.18 Å². The van der Waals surface area contributed by atoms with Crippen LogP contribution in [0.2, 0.25) is 0 Å². The molecule has 10 heteroatoms. The molecule has 2 aromatic heterocycles. The average Bonchev–Trinajstić information content (AvgIpc) is 2.76. The van der Waals surface area contributed by atoms with Gasteiger partial charge in [-0.15, -0.1) is 0 Å². The van der Waals surface area contributed by atoms with Crippen LogP contribution in [-0.4, -0.2) is 38.4 Å². The smallest absolute Gasteiger partial charge is 0.343 e. The van der Waals surface area contributed by atoms with Gasteiger partial charge in [0.1, 0.15) is 17.8 Å². The summed E-state index contributed by atoms with van der Waals surface area (Å²) in [6.45, 7) is 2.67. The lowest BCUT2D eigenvalue weighted by molar-refractivity contribution is -0.137. The minimum Gasteiger partial charge on any atom is -0.343 e. The Labute approximate surface area is 181 Å². The number of aromatic nitrogens is 3. The fraction of sp³-hybridized carbons (Fsp3) is 0.364. The van der Waals surface area contributed by atoms with Crippen molar-refractivity contribution in [2.24, 2.45) is 7.05 Å². The number of hydrogen-bond donors (Lipinski definition) is 1. The van der Waals surface area contributed by atoms with Crippen molar-refractivity contribution in [3.8, 4) is 0 Å². The Morgan fingerprint density at radius 3 is 2.53 bits per heavy atom. The molecule has 1 saturated heterocycles. The predicted molar refractivity (Wildman–Crippen MR) is 114 cm³/mol. The van der Waals surface area contributed by atoms with Crippen molar-refractivity contribution in [1.82, 2.24) is 19.4 Å². The number of likely N-dealkylation sites (tertiary alicyclic amines) is 1. The number of anilines is 2. The number of hydrogen-bond acceptors (Lipinski definition) is 5. The Morgan fingerprint density at radius 2 is 1.88 bits per heavy atom. The monoisotopic (exact) mass is 445 g/mol. The molecule has 0 aliphatic carbocycles. The van der Waals surface area contributed by atoms with Gasteiger partial charge in [-0.1, -0.05) is 6.07 Å². The molecule has 1 fully saturated rings. The number of fused-ring (bicyclic) bond motifs is 1. The first-order chi connectivity index (χ1) is 15.1. The number of carbonyl (C=O) groups excluding carboxylic acids is 1. The first kappa shape index (κ1) is 21.8. The minimum atomic E-state index is -4.46. The maximum Gasteiger partial charge on any atom is 0.416 e. The highest BCUT2D eigenvalue weighted by Gasteiger charge is 2.30. The van der Waals surface area contributed by atoms with E-state index in [0.29, 0.717) is 48.3 Å². The van der Waals surface area contributed by atoms with Crippen LogP contribution in [0.1, 0.15) is 36.8 Å². The Hall–Kier alpha value is -3.43. The van der Waals surface area contributed by atoms with Crippen LogP contribution in [0.15, 0.2) is 41.5 Å². The van der Waals surface area contributed by atoms with Crippen LogP contribution >= 0.6 is 0 Å². The highest BCUT2D eigenvalue weighted by molar-refractivity contribution is 5.89. The van der Waals surface area contributed by atoms with Crippen molar-refractivity contribution in [1.29, 1.82) is 0 Å². The predicted octanol–water partition coefficient (Wildman–Crippen LogP) is 3.82. The highest BCUT2D eigenvalue weighted by atomic mass is 19.4. The summed E-state index contributed by atoms with van der Waals surface area (Å²) in [4.78, 5) is 34.8. The zero-order valence-electron chi connectivity index (χ0n) is 17.6. The number of nitrogens with one attached hydrogen (secondary N) is 1. The molecule has 1 aromatic carbocycles. The Morgan fingerprint density at radius 1 is 1.16 bits per heavy atom. The lowest BCUT2D eigenvalue weighted by Crippen LogP contribution is -2.38. The number of piperidine rings is 1. The first-order valence-electron chi connectivity index (χ1n) is 10.2. The number of halogens is 3. The van der Waals surface area contributed by atoms with Gasteiger partial charge in [-0.25, -0.2) is 9.97 Å². The summed E-state index contributed by atoms with van der Waals surface area (Å²) in [6.07, 6.45) is -1.88. The topological polar surface area (TPSA) is 80.1 Å². The van der Waals surface area contributed by atoms with Crippen molar-refractivity contribution in [2.45, 2.75) is 31.9 Å². The van der Waals surface area contributed by atoms with E-state index in [1.165, 1.54) is 30.0 Å². The lowest BCUT2D eigenvalue weighted by atomic mass is 9.89. The number of pyridine rings is 1. The molecular formula is C22H22F3N5O2. The molecule has 7 nitrogen and oxygen atoms in total. The molecule has 4 rings (SSSR count). The molecule has 1 aliphatic rings. The van der Waals surface area contributed by atoms with Gasteiger partial charge in [0.25, 0.3) is 5.56 Å². The molecular weight excluding hydrogens is 423 g/mol. The molecule has 3 heterocycles. The molecule has 3 aromatic rings. The third kappa shape index (κ3) is 4.17. The van der Waals surface area contributed by atoms with Crippen LogP contribution in [-0.2, 0) is 18.0 Å². The summed E-state index contributed by atoms with van der Waals surface area (Å²) in [5, 5.41) is 3.48. The van der Waals surface area contributed by atoms with Crippen LogP contribution in [0.25, 0.3) is 11.0 Å². The van der Waals surface area contributed by atoms with Gasteiger partial charge in [0, 0.05) is 38.3 Å². The summed E-state index contributed by atoms with van der Waals surface area (Å²) in [6, 6.07) is 6.57. The van der Waals surface area contributed by atoms with E-state index in [1.807, 2.05) is 0 Å². The summed E-state index contributed by atoms with van der Waals surface area (Å²) in [7, 11) is 1.61. The van der Waals surface area contributed by atoms with Crippen molar-refractivity contribution in [2.75, 3.05) is 18.4 Å². The zero-order valence-corrected chi connectivity index (χ0v) is 17.6. The molecule has 0 atom stereocenters.